The molecule has 1 fully saturated rings. The van der Waals surface area contributed by atoms with Gasteiger partial charge in [-0.05, 0) is 30.5 Å². The van der Waals surface area contributed by atoms with Gasteiger partial charge in [0.05, 0.1) is 12.1 Å². The Morgan fingerprint density at radius 3 is 2.50 bits per heavy atom. The number of hydrogen-bond donors (Lipinski definition) is 2. The number of aromatic nitrogens is 3. The number of halogens is 2. The molecule has 132 valence electrons. The minimum Gasteiger partial charge on any atom is -0.317 e. The average molecular weight is 372 g/mol. The fourth-order valence-corrected chi connectivity index (χ4v) is 2.84. The Morgan fingerprint density at radius 1 is 1.17 bits per heavy atom. The van der Waals surface area contributed by atoms with Crippen molar-refractivity contribution >= 4 is 36.5 Å². The van der Waals surface area contributed by atoms with Gasteiger partial charge in [-0.15, -0.1) is 24.8 Å². The first kappa shape index (κ1) is 20.4. The molecule has 2 aromatic rings. The van der Waals surface area contributed by atoms with Gasteiger partial charge in [-0.25, -0.2) is 0 Å². The van der Waals surface area contributed by atoms with Crippen LogP contribution in [0.1, 0.15) is 37.7 Å². The van der Waals surface area contributed by atoms with Crippen LogP contribution >= 0.6 is 24.8 Å². The number of carbonyl (C=O) groups is 1. The van der Waals surface area contributed by atoms with Crippen LogP contribution in [0.3, 0.4) is 0 Å². The van der Waals surface area contributed by atoms with Gasteiger partial charge < -0.3 is 11.1 Å². The monoisotopic (exact) mass is 371 g/mol. The smallest absolute Gasteiger partial charge is 0.245 e. The van der Waals surface area contributed by atoms with E-state index in [0.717, 1.165) is 37.7 Å². The van der Waals surface area contributed by atoms with Crippen LogP contribution in [0.5, 0.6) is 0 Å². The van der Waals surface area contributed by atoms with Crippen LogP contribution in [0.25, 0.3) is 0 Å². The zero-order valence-electron chi connectivity index (χ0n) is 13.4. The van der Waals surface area contributed by atoms with Crippen molar-refractivity contribution in [1.29, 1.82) is 0 Å². The van der Waals surface area contributed by atoms with Gasteiger partial charge in [0.1, 0.15) is 0 Å². The summed E-state index contributed by atoms with van der Waals surface area (Å²) in [4.78, 5) is 16.4. The Balaban J connectivity index is 0.00000144. The van der Waals surface area contributed by atoms with Gasteiger partial charge in [-0.2, -0.15) is 5.10 Å². The molecule has 3 rings (SSSR count). The summed E-state index contributed by atoms with van der Waals surface area (Å²) in [6, 6.07) is 5.68. The quantitative estimate of drug-likeness (QED) is 0.864. The third-order valence-corrected chi connectivity index (χ3v) is 4.17. The predicted molar refractivity (Wildman–Crippen MR) is 98.7 cm³/mol. The molecule has 0 aliphatic heterocycles. The van der Waals surface area contributed by atoms with Crippen LogP contribution in [-0.2, 0) is 11.3 Å². The summed E-state index contributed by atoms with van der Waals surface area (Å²) < 4.78 is 1.79. The number of rotatable bonds is 4. The van der Waals surface area contributed by atoms with E-state index in [1.807, 2.05) is 18.3 Å². The molecular weight excluding hydrogens is 349 g/mol. The highest BCUT2D eigenvalue weighted by Crippen LogP contribution is 2.26. The first-order valence-corrected chi connectivity index (χ1v) is 7.68. The highest BCUT2D eigenvalue weighted by atomic mass is 35.5. The lowest BCUT2D eigenvalue weighted by molar-refractivity contribution is -0.122. The standard InChI is InChI=1S/C16H21N5O.2ClH/c17-16(7-2-1-3-8-16)15(22)19-14-6-11-21(20-14)12-13-4-9-18-10-5-13;;/h4-6,9-11H,1-3,7-8,12,17H2,(H,19,20,22);2*1H. The van der Waals surface area contributed by atoms with Crippen LogP contribution < -0.4 is 11.1 Å². The zero-order chi connectivity index (χ0) is 15.4. The second kappa shape index (κ2) is 9.01. The topological polar surface area (TPSA) is 85.8 Å². The third-order valence-electron chi connectivity index (χ3n) is 4.17. The molecule has 0 atom stereocenters. The normalized spacial score (nSPS) is 15.7. The average Bonchev–Trinajstić information content (AvgIpc) is 2.96. The molecule has 2 heterocycles. The van der Waals surface area contributed by atoms with E-state index in [1.54, 1.807) is 23.1 Å². The molecule has 0 saturated heterocycles. The number of carbonyl (C=O) groups excluding carboxylic acids is 1. The Hall–Kier alpha value is -1.63. The minimum atomic E-state index is -0.743. The molecule has 0 unspecified atom stereocenters. The molecule has 3 N–H and O–H groups in total. The number of hydrogen-bond acceptors (Lipinski definition) is 4. The van der Waals surface area contributed by atoms with Gasteiger partial charge >= 0.3 is 0 Å². The molecule has 1 amide bonds. The van der Waals surface area contributed by atoms with Crippen molar-refractivity contribution in [1.82, 2.24) is 14.8 Å². The van der Waals surface area contributed by atoms with Crippen molar-refractivity contribution in [3.8, 4) is 0 Å². The van der Waals surface area contributed by atoms with Gasteiger partial charge in [-0.1, -0.05) is 19.3 Å². The molecule has 1 saturated carbocycles. The van der Waals surface area contributed by atoms with Crippen LogP contribution in [0, 0.1) is 0 Å². The summed E-state index contributed by atoms with van der Waals surface area (Å²) in [6.07, 6.45) is 10.0. The van der Waals surface area contributed by atoms with Crippen LogP contribution in [-0.4, -0.2) is 26.2 Å². The van der Waals surface area contributed by atoms with Gasteiger partial charge in [0, 0.05) is 24.7 Å². The van der Waals surface area contributed by atoms with E-state index in [9.17, 15) is 4.79 Å². The van der Waals surface area contributed by atoms with Crippen molar-refractivity contribution < 1.29 is 4.79 Å². The molecule has 0 spiro atoms. The van der Waals surface area contributed by atoms with Gasteiger partial charge in [-0.3, -0.25) is 14.5 Å². The van der Waals surface area contributed by atoms with Crippen LogP contribution in [0.4, 0.5) is 5.82 Å². The molecule has 1 aliphatic carbocycles. The van der Waals surface area contributed by atoms with E-state index in [4.69, 9.17) is 5.73 Å². The van der Waals surface area contributed by atoms with Gasteiger partial charge in [0.25, 0.3) is 0 Å². The Labute approximate surface area is 154 Å². The van der Waals surface area contributed by atoms with E-state index >= 15 is 0 Å². The zero-order valence-corrected chi connectivity index (χ0v) is 15.0. The lowest BCUT2D eigenvalue weighted by Crippen LogP contribution is -2.52. The fraction of sp³-hybridized carbons (Fsp3) is 0.438. The molecule has 8 heteroatoms. The molecule has 1 aliphatic rings. The molecule has 0 bridgehead atoms. The van der Waals surface area contributed by atoms with Crippen molar-refractivity contribution in [2.24, 2.45) is 5.73 Å². The van der Waals surface area contributed by atoms with Crippen molar-refractivity contribution in [2.45, 2.75) is 44.2 Å². The van der Waals surface area contributed by atoms with E-state index in [1.165, 1.54) is 0 Å². The minimum absolute atomic E-state index is 0. The van der Waals surface area contributed by atoms with Crippen molar-refractivity contribution in [3.63, 3.8) is 0 Å². The molecule has 0 radical (unpaired) electrons. The fourth-order valence-electron chi connectivity index (χ4n) is 2.84. The molecule has 6 nitrogen and oxygen atoms in total. The summed E-state index contributed by atoms with van der Waals surface area (Å²) in [5.74, 6) is 0.427. The maximum Gasteiger partial charge on any atom is 0.245 e. The van der Waals surface area contributed by atoms with Gasteiger partial charge in [0.15, 0.2) is 5.82 Å². The van der Waals surface area contributed by atoms with E-state index in [2.05, 4.69) is 15.4 Å². The summed E-state index contributed by atoms with van der Waals surface area (Å²) >= 11 is 0. The molecule has 24 heavy (non-hydrogen) atoms. The Bertz CT molecular complexity index is 641. The van der Waals surface area contributed by atoms with Crippen molar-refractivity contribution in [3.05, 3.63) is 42.4 Å². The van der Waals surface area contributed by atoms with E-state index < -0.39 is 5.54 Å². The lowest BCUT2D eigenvalue weighted by Gasteiger charge is -2.31. The first-order chi connectivity index (χ1) is 10.7. The maximum atomic E-state index is 12.4. The van der Waals surface area contributed by atoms with Gasteiger partial charge in [0.2, 0.25) is 5.91 Å². The highest BCUT2D eigenvalue weighted by molar-refractivity contribution is 5.97. The summed E-state index contributed by atoms with van der Waals surface area (Å²) in [5, 5.41) is 7.23. The number of nitrogens with two attached hydrogens (primary N) is 1. The van der Waals surface area contributed by atoms with Crippen molar-refractivity contribution in [2.75, 3.05) is 5.32 Å². The second-order valence-corrected chi connectivity index (χ2v) is 5.92. The Morgan fingerprint density at radius 2 is 1.83 bits per heavy atom. The molecular formula is C16H23Cl2N5O. The van der Waals surface area contributed by atoms with Crippen LogP contribution in [0.2, 0.25) is 0 Å². The number of anilines is 1. The summed E-state index contributed by atoms with van der Waals surface area (Å²) in [7, 11) is 0. The van der Waals surface area contributed by atoms with E-state index in [-0.39, 0.29) is 30.7 Å². The maximum absolute atomic E-state index is 12.4. The number of nitrogens with one attached hydrogen (secondary N) is 1. The SMILES string of the molecule is Cl.Cl.NC1(C(=O)Nc2ccn(Cc3ccncc3)n2)CCCCC1. The van der Waals surface area contributed by atoms with E-state index in [0.29, 0.717) is 12.4 Å². The first-order valence-electron chi connectivity index (χ1n) is 7.68. The Kier molecular flexibility index (Phi) is 7.66. The number of amides is 1. The molecule has 0 aromatic carbocycles. The predicted octanol–water partition coefficient (Wildman–Crippen LogP) is 2.77. The highest BCUT2D eigenvalue weighted by Gasteiger charge is 2.35. The van der Waals surface area contributed by atoms with Crippen LogP contribution in [0.15, 0.2) is 36.8 Å². The lowest BCUT2D eigenvalue weighted by atomic mass is 9.82. The third kappa shape index (κ3) is 4.93. The second-order valence-electron chi connectivity index (χ2n) is 5.92. The summed E-state index contributed by atoms with van der Waals surface area (Å²) in [6.45, 7) is 0.645. The number of pyridine rings is 1. The molecule has 2 aromatic heterocycles. The number of nitrogens with zero attached hydrogens (tertiary/aromatic N) is 3. The summed E-state index contributed by atoms with van der Waals surface area (Å²) in [5.41, 5.74) is 6.59. The largest absolute Gasteiger partial charge is 0.317 e.